The van der Waals surface area contributed by atoms with E-state index in [0.717, 1.165) is 21.7 Å². The second-order valence-corrected chi connectivity index (χ2v) is 10.2. The number of aromatic nitrogens is 3. The molecule has 3 heterocycles. The minimum absolute atomic E-state index is 0.113. The van der Waals surface area contributed by atoms with Crippen molar-refractivity contribution in [2.45, 2.75) is 44.8 Å². The molecule has 0 radical (unpaired) electrons. The zero-order chi connectivity index (χ0) is 21.5. The van der Waals surface area contributed by atoms with E-state index in [1.54, 1.807) is 10.6 Å². The molecule has 158 valence electrons. The van der Waals surface area contributed by atoms with Gasteiger partial charge in [-0.15, -0.1) is 0 Å². The van der Waals surface area contributed by atoms with Crippen LogP contribution in [0.1, 0.15) is 33.4 Å². The number of hydrogen-bond acceptors (Lipinski definition) is 7. The number of ether oxygens (including phenoxy) is 1. The molecule has 1 unspecified atom stereocenters. The zero-order valence-corrected chi connectivity index (χ0v) is 19.0. The quantitative estimate of drug-likeness (QED) is 0.614. The van der Waals surface area contributed by atoms with Crippen molar-refractivity contribution in [3.05, 3.63) is 40.3 Å². The second kappa shape index (κ2) is 8.03. The molecule has 0 fully saturated rings. The van der Waals surface area contributed by atoms with Gasteiger partial charge in [0.1, 0.15) is 5.75 Å². The van der Waals surface area contributed by atoms with E-state index < -0.39 is 0 Å². The predicted molar refractivity (Wildman–Crippen MR) is 121 cm³/mol. The number of rotatable bonds is 4. The van der Waals surface area contributed by atoms with Crippen LogP contribution in [0.5, 0.6) is 5.75 Å². The molecule has 1 aliphatic rings. The zero-order valence-electron chi connectivity index (χ0n) is 17.4. The molecule has 4 rings (SSSR count). The highest BCUT2D eigenvalue weighted by Crippen LogP contribution is 2.31. The number of fused-ring (bicyclic) bond motifs is 2. The van der Waals surface area contributed by atoms with Gasteiger partial charge >= 0.3 is 0 Å². The van der Waals surface area contributed by atoms with Gasteiger partial charge in [0.25, 0.3) is 5.56 Å². The van der Waals surface area contributed by atoms with Crippen molar-refractivity contribution in [2.24, 2.45) is 5.92 Å². The normalized spacial score (nSPS) is 16.3. The van der Waals surface area contributed by atoms with Crippen LogP contribution < -0.4 is 15.6 Å². The molecule has 3 aromatic rings. The van der Waals surface area contributed by atoms with Crippen LogP contribution in [0.25, 0.3) is 10.2 Å². The third-order valence-corrected chi connectivity index (χ3v) is 6.90. The van der Waals surface area contributed by atoms with Gasteiger partial charge in [0, 0.05) is 23.8 Å². The number of thiazole rings is 1. The molecular weight excluding hydrogens is 420 g/mol. The number of carbonyl (C=O) groups is 1. The number of amides is 1. The molecule has 1 aliphatic heterocycles. The number of thioether (sulfide) groups is 1. The molecule has 0 spiro atoms. The van der Waals surface area contributed by atoms with E-state index in [9.17, 15) is 9.59 Å². The molecule has 0 bridgehead atoms. The van der Waals surface area contributed by atoms with Crippen molar-refractivity contribution in [2.75, 3.05) is 17.7 Å². The lowest BCUT2D eigenvalue weighted by molar-refractivity contribution is -0.119. The van der Waals surface area contributed by atoms with Gasteiger partial charge in [-0.3, -0.25) is 14.2 Å². The minimum Gasteiger partial charge on any atom is -0.494 e. The molecule has 1 aromatic carbocycles. The fourth-order valence-electron chi connectivity index (χ4n) is 3.18. The molecule has 0 saturated heterocycles. The largest absolute Gasteiger partial charge is 0.494 e. The smallest absolute Gasteiger partial charge is 0.254 e. The Balaban J connectivity index is 1.50. The Labute approximate surface area is 182 Å². The standard InChI is InChI=1S/C21H24N4O3S2/c1-5-28-13-6-7-14-15(8-13)30-19(22-14)24-18(27)12-10-25-17(26)9-16(21(2,3)4)23-20(25)29-11-12/h6-9,12H,5,10-11H2,1-4H3,(H,22,24,27). The summed E-state index contributed by atoms with van der Waals surface area (Å²) >= 11 is 2.86. The van der Waals surface area contributed by atoms with Crippen LogP contribution in [0.15, 0.2) is 34.2 Å². The first-order valence-electron chi connectivity index (χ1n) is 9.84. The van der Waals surface area contributed by atoms with Crippen molar-refractivity contribution >= 4 is 44.4 Å². The number of nitrogens with one attached hydrogen (secondary N) is 1. The molecular formula is C21H24N4O3S2. The van der Waals surface area contributed by atoms with Gasteiger partial charge in [-0.2, -0.15) is 0 Å². The highest BCUT2D eigenvalue weighted by molar-refractivity contribution is 7.99. The number of hydrogen-bond donors (Lipinski definition) is 1. The molecule has 0 aliphatic carbocycles. The Kier molecular flexibility index (Phi) is 5.59. The van der Waals surface area contributed by atoms with Crippen LogP contribution in [0.3, 0.4) is 0 Å². The molecule has 0 saturated carbocycles. The maximum atomic E-state index is 12.8. The first-order chi connectivity index (χ1) is 14.2. The Morgan fingerprint density at radius 1 is 1.30 bits per heavy atom. The second-order valence-electron chi connectivity index (χ2n) is 8.20. The lowest BCUT2D eigenvalue weighted by atomic mass is 9.92. The predicted octanol–water partition coefficient (Wildman–Crippen LogP) is 3.91. The molecule has 7 nitrogen and oxygen atoms in total. The van der Waals surface area contributed by atoms with Gasteiger partial charge in [0.05, 0.1) is 28.4 Å². The Morgan fingerprint density at radius 3 is 2.83 bits per heavy atom. The Morgan fingerprint density at radius 2 is 2.10 bits per heavy atom. The summed E-state index contributed by atoms with van der Waals surface area (Å²) in [5, 5.41) is 4.15. The van der Waals surface area contributed by atoms with Gasteiger partial charge < -0.3 is 10.1 Å². The van der Waals surface area contributed by atoms with Crippen LogP contribution in [0.4, 0.5) is 5.13 Å². The summed E-state index contributed by atoms with van der Waals surface area (Å²) in [5.41, 5.74) is 1.28. The van der Waals surface area contributed by atoms with Crippen molar-refractivity contribution in [3.8, 4) is 5.75 Å². The maximum Gasteiger partial charge on any atom is 0.254 e. The van der Waals surface area contributed by atoms with E-state index in [2.05, 4.69) is 15.3 Å². The van der Waals surface area contributed by atoms with E-state index in [0.29, 0.717) is 29.2 Å². The summed E-state index contributed by atoms with van der Waals surface area (Å²) in [7, 11) is 0. The van der Waals surface area contributed by atoms with Gasteiger partial charge in [-0.05, 0) is 25.1 Å². The summed E-state index contributed by atoms with van der Waals surface area (Å²) in [5.74, 6) is 0.900. The SMILES string of the molecule is CCOc1ccc2nc(NC(=O)C3CSc4nc(C(C)(C)C)cc(=O)n4C3)sc2c1. The fraction of sp³-hybridized carbons (Fsp3) is 0.429. The van der Waals surface area contributed by atoms with Gasteiger partial charge in [0.2, 0.25) is 5.91 Å². The number of benzene rings is 1. The van der Waals surface area contributed by atoms with Crippen LogP contribution in [0.2, 0.25) is 0 Å². The first kappa shape index (κ1) is 20.9. The van der Waals surface area contributed by atoms with E-state index in [1.165, 1.54) is 23.1 Å². The molecule has 30 heavy (non-hydrogen) atoms. The van der Waals surface area contributed by atoms with Gasteiger partial charge in [-0.25, -0.2) is 9.97 Å². The van der Waals surface area contributed by atoms with Crippen LogP contribution in [0, 0.1) is 5.92 Å². The maximum absolute atomic E-state index is 12.8. The number of carbonyl (C=O) groups excluding carboxylic acids is 1. The monoisotopic (exact) mass is 444 g/mol. The van der Waals surface area contributed by atoms with Crippen molar-refractivity contribution in [1.82, 2.24) is 14.5 Å². The summed E-state index contributed by atoms with van der Waals surface area (Å²) < 4.78 is 8.07. The van der Waals surface area contributed by atoms with Crippen molar-refractivity contribution in [3.63, 3.8) is 0 Å². The van der Waals surface area contributed by atoms with E-state index in [-0.39, 0.29) is 22.8 Å². The average molecular weight is 445 g/mol. The minimum atomic E-state index is -0.325. The third-order valence-electron chi connectivity index (χ3n) is 4.83. The molecule has 1 amide bonds. The Bertz CT molecular complexity index is 1160. The lowest BCUT2D eigenvalue weighted by Gasteiger charge is -2.26. The lowest BCUT2D eigenvalue weighted by Crippen LogP contribution is -2.37. The third kappa shape index (κ3) is 4.22. The number of nitrogens with zero attached hydrogens (tertiary/aromatic N) is 3. The average Bonchev–Trinajstić information content (AvgIpc) is 3.08. The van der Waals surface area contributed by atoms with E-state index >= 15 is 0 Å². The van der Waals surface area contributed by atoms with Crippen LogP contribution >= 0.6 is 23.1 Å². The van der Waals surface area contributed by atoms with Crippen molar-refractivity contribution in [1.29, 1.82) is 0 Å². The Hall–Kier alpha value is -2.39. The first-order valence-corrected chi connectivity index (χ1v) is 11.6. The van der Waals surface area contributed by atoms with E-state index in [1.807, 2.05) is 45.9 Å². The van der Waals surface area contributed by atoms with Gasteiger partial charge in [-0.1, -0.05) is 43.9 Å². The molecule has 2 aromatic heterocycles. The topological polar surface area (TPSA) is 86.1 Å². The van der Waals surface area contributed by atoms with Crippen LogP contribution in [-0.4, -0.2) is 32.8 Å². The van der Waals surface area contributed by atoms with Gasteiger partial charge in [0.15, 0.2) is 10.3 Å². The summed E-state index contributed by atoms with van der Waals surface area (Å²) in [4.78, 5) is 34.6. The number of anilines is 1. The van der Waals surface area contributed by atoms with Crippen LogP contribution in [-0.2, 0) is 16.8 Å². The van der Waals surface area contributed by atoms with Crippen molar-refractivity contribution < 1.29 is 9.53 Å². The highest BCUT2D eigenvalue weighted by Gasteiger charge is 2.29. The molecule has 1 atom stereocenters. The molecule has 1 N–H and O–H groups in total. The summed E-state index contributed by atoms with van der Waals surface area (Å²) in [6.07, 6.45) is 0. The van der Waals surface area contributed by atoms with E-state index in [4.69, 9.17) is 4.74 Å². The molecule has 9 heteroatoms. The summed E-state index contributed by atoms with van der Waals surface area (Å²) in [6.45, 7) is 8.96. The fourth-order valence-corrected chi connectivity index (χ4v) is 5.16. The summed E-state index contributed by atoms with van der Waals surface area (Å²) in [6, 6.07) is 7.26. The highest BCUT2D eigenvalue weighted by atomic mass is 32.2.